The highest BCUT2D eigenvalue weighted by Gasteiger charge is 2.32. The minimum Gasteiger partial charge on any atom is -0.465 e. The zero-order valence-electron chi connectivity index (χ0n) is 14.8. The molecule has 0 saturated heterocycles. The molecule has 10 heteroatoms. The Labute approximate surface area is 162 Å². The summed E-state index contributed by atoms with van der Waals surface area (Å²) in [6.45, 7) is 0. The first-order chi connectivity index (χ1) is 13.7. The summed E-state index contributed by atoms with van der Waals surface area (Å²) in [7, 11) is 1.20. The van der Waals surface area contributed by atoms with Gasteiger partial charge in [-0.15, -0.1) is 13.2 Å². The third-order valence-corrected chi connectivity index (χ3v) is 3.99. The molecule has 0 unspecified atom stereocenters. The van der Waals surface area contributed by atoms with E-state index in [2.05, 4.69) is 9.47 Å². The summed E-state index contributed by atoms with van der Waals surface area (Å²) in [5, 5.41) is 11.2. The molecular formula is C19H13F3N2O5. The van der Waals surface area contributed by atoms with Gasteiger partial charge in [-0.25, -0.2) is 4.79 Å². The zero-order chi connectivity index (χ0) is 21.2. The van der Waals surface area contributed by atoms with Crippen molar-refractivity contribution in [1.29, 1.82) is 0 Å². The molecule has 1 aromatic heterocycles. The smallest absolute Gasteiger partial charge is 0.465 e. The fraction of sp³-hybridized carbons (Fsp3) is 0.105. The van der Waals surface area contributed by atoms with E-state index in [0.717, 1.165) is 6.07 Å². The number of benzene rings is 2. The van der Waals surface area contributed by atoms with Crippen LogP contribution >= 0.6 is 0 Å². The average molecular weight is 406 g/mol. The number of nitrogens with zero attached hydrogens (tertiary/aromatic N) is 2. The molecule has 0 aliphatic rings. The van der Waals surface area contributed by atoms with Crippen LogP contribution in [0.2, 0.25) is 0 Å². The lowest BCUT2D eigenvalue weighted by Gasteiger charge is -2.16. The number of nitro groups is 1. The van der Waals surface area contributed by atoms with Crippen molar-refractivity contribution in [2.75, 3.05) is 7.11 Å². The molecule has 0 aliphatic carbocycles. The maximum atomic E-state index is 12.8. The normalized spacial score (nSPS) is 11.2. The summed E-state index contributed by atoms with van der Waals surface area (Å²) in [4.78, 5) is 22.3. The number of hydrogen-bond donors (Lipinski definition) is 0. The summed E-state index contributed by atoms with van der Waals surface area (Å²) in [6, 6.07) is 10.5. The van der Waals surface area contributed by atoms with E-state index in [1.807, 2.05) is 0 Å². The highest BCUT2D eigenvalue weighted by Crippen LogP contribution is 2.38. The van der Waals surface area contributed by atoms with Crippen LogP contribution in [0.25, 0.3) is 16.8 Å². The Morgan fingerprint density at radius 1 is 1.10 bits per heavy atom. The van der Waals surface area contributed by atoms with Crippen LogP contribution < -0.4 is 4.74 Å². The monoisotopic (exact) mass is 406 g/mol. The van der Waals surface area contributed by atoms with Gasteiger partial charge in [-0.3, -0.25) is 10.1 Å². The van der Waals surface area contributed by atoms with Gasteiger partial charge in [0.2, 0.25) is 0 Å². The van der Waals surface area contributed by atoms with Crippen LogP contribution in [0, 0.1) is 10.1 Å². The van der Waals surface area contributed by atoms with Gasteiger partial charge in [-0.1, -0.05) is 18.2 Å². The number of carbonyl (C=O) groups excluding carboxylic acids is 1. The van der Waals surface area contributed by atoms with Gasteiger partial charge >= 0.3 is 12.3 Å². The molecular weight excluding hydrogens is 393 g/mol. The van der Waals surface area contributed by atoms with E-state index in [-0.39, 0.29) is 28.1 Å². The largest absolute Gasteiger partial charge is 0.573 e. The first-order valence-electron chi connectivity index (χ1n) is 8.10. The Bertz CT molecular complexity index is 1080. The van der Waals surface area contributed by atoms with Crippen LogP contribution in [0.5, 0.6) is 5.75 Å². The number of para-hydroxylation sites is 1. The van der Waals surface area contributed by atoms with Crippen molar-refractivity contribution in [2.45, 2.75) is 6.36 Å². The molecule has 3 aromatic rings. The Kier molecular flexibility index (Phi) is 5.26. The van der Waals surface area contributed by atoms with E-state index >= 15 is 0 Å². The number of hydrogen-bond acceptors (Lipinski definition) is 5. The van der Waals surface area contributed by atoms with Crippen LogP contribution in [-0.4, -0.2) is 28.9 Å². The lowest BCUT2D eigenvalue weighted by atomic mass is 10.0. The van der Waals surface area contributed by atoms with Gasteiger partial charge in [0.05, 0.1) is 23.3 Å². The van der Waals surface area contributed by atoms with E-state index in [1.165, 1.54) is 66.5 Å². The summed E-state index contributed by atoms with van der Waals surface area (Å²) in [6.07, 6.45) is -2.10. The molecule has 0 fully saturated rings. The molecule has 0 amide bonds. The summed E-state index contributed by atoms with van der Waals surface area (Å²) in [5.41, 5.74) is 0.397. The summed E-state index contributed by atoms with van der Waals surface area (Å²) >= 11 is 0. The quantitative estimate of drug-likeness (QED) is 0.347. The van der Waals surface area contributed by atoms with Crippen molar-refractivity contribution in [1.82, 2.24) is 4.57 Å². The highest BCUT2D eigenvalue weighted by molar-refractivity contribution is 5.89. The molecule has 0 N–H and O–H groups in total. The SMILES string of the molecule is COC(=O)c1ccn(-c2cc([N+](=O)[O-])ccc2-c2ccccc2OC(F)(F)F)c1. The number of rotatable bonds is 5. The topological polar surface area (TPSA) is 83.6 Å². The van der Waals surface area contributed by atoms with E-state index in [4.69, 9.17) is 0 Å². The van der Waals surface area contributed by atoms with Crippen molar-refractivity contribution >= 4 is 11.7 Å². The van der Waals surface area contributed by atoms with Gasteiger partial charge in [0.1, 0.15) is 5.75 Å². The van der Waals surface area contributed by atoms with E-state index in [1.54, 1.807) is 0 Å². The molecule has 3 rings (SSSR count). The fourth-order valence-electron chi connectivity index (χ4n) is 2.76. The maximum absolute atomic E-state index is 12.8. The predicted octanol–water partition coefficient (Wildman–Crippen LogP) is 4.74. The number of non-ortho nitro benzene ring substituents is 1. The molecule has 1 heterocycles. The number of nitro benzene ring substituents is 1. The maximum Gasteiger partial charge on any atom is 0.573 e. The number of alkyl halides is 3. The third kappa shape index (κ3) is 4.37. The Morgan fingerprint density at radius 2 is 1.83 bits per heavy atom. The molecule has 0 bridgehead atoms. The Morgan fingerprint density at radius 3 is 2.48 bits per heavy atom. The van der Waals surface area contributed by atoms with E-state index in [9.17, 15) is 28.1 Å². The van der Waals surface area contributed by atoms with Crippen molar-refractivity contribution in [2.24, 2.45) is 0 Å². The zero-order valence-corrected chi connectivity index (χ0v) is 14.8. The molecule has 0 aliphatic heterocycles. The standard InChI is InChI=1S/C19H13F3N2O5/c1-28-18(25)12-8-9-23(11-12)16-10-13(24(26)27)6-7-14(16)15-4-2-3-5-17(15)29-19(20,21)22/h2-11H,1H3. The van der Waals surface area contributed by atoms with E-state index in [0.29, 0.717) is 0 Å². The first kappa shape index (κ1) is 19.9. The molecule has 29 heavy (non-hydrogen) atoms. The van der Waals surface area contributed by atoms with Gasteiger partial charge in [0, 0.05) is 35.7 Å². The second kappa shape index (κ2) is 7.66. The second-order valence-corrected chi connectivity index (χ2v) is 5.80. The van der Waals surface area contributed by atoms with Crippen molar-refractivity contribution in [3.63, 3.8) is 0 Å². The first-order valence-corrected chi connectivity index (χ1v) is 8.10. The molecule has 0 saturated carbocycles. The van der Waals surface area contributed by atoms with Gasteiger partial charge in [-0.05, 0) is 18.2 Å². The number of ether oxygens (including phenoxy) is 2. The summed E-state index contributed by atoms with van der Waals surface area (Å²) in [5.74, 6) is -1.09. The molecule has 0 atom stereocenters. The van der Waals surface area contributed by atoms with Crippen LogP contribution in [0.1, 0.15) is 10.4 Å². The van der Waals surface area contributed by atoms with Crippen LogP contribution in [0.4, 0.5) is 18.9 Å². The fourth-order valence-corrected chi connectivity index (χ4v) is 2.76. The molecule has 0 radical (unpaired) electrons. The molecule has 7 nitrogen and oxygen atoms in total. The van der Waals surface area contributed by atoms with Gasteiger partial charge < -0.3 is 14.0 Å². The van der Waals surface area contributed by atoms with E-state index < -0.39 is 23.0 Å². The Hall–Kier alpha value is -3.82. The highest BCUT2D eigenvalue weighted by atomic mass is 19.4. The second-order valence-electron chi connectivity index (χ2n) is 5.80. The average Bonchev–Trinajstić information content (AvgIpc) is 3.16. The number of esters is 1. The van der Waals surface area contributed by atoms with Crippen molar-refractivity contribution in [3.05, 3.63) is 76.6 Å². The summed E-state index contributed by atoms with van der Waals surface area (Å²) < 4.78 is 48.5. The van der Waals surface area contributed by atoms with Crippen molar-refractivity contribution < 1.29 is 32.4 Å². The number of carbonyl (C=O) groups is 1. The molecule has 0 spiro atoms. The lowest BCUT2D eigenvalue weighted by molar-refractivity contribution is -0.384. The van der Waals surface area contributed by atoms with Crippen LogP contribution in [0.3, 0.4) is 0 Å². The van der Waals surface area contributed by atoms with Gasteiger partial charge in [0.25, 0.3) is 5.69 Å². The number of halogens is 3. The van der Waals surface area contributed by atoms with Gasteiger partial charge in [0.15, 0.2) is 0 Å². The lowest BCUT2D eigenvalue weighted by Crippen LogP contribution is -2.17. The molecule has 2 aromatic carbocycles. The van der Waals surface area contributed by atoms with Crippen LogP contribution in [0.15, 0.2) is 60.9 Å². The minimum atomic E-state index is -4.91. The predicted molar refractivity (Wildman–Crippen MR) is 95.9 cm³/mol. The third-order valence-electron chi connectivity index (χ3n) is 3.99. The number of methoxy groups -OCH3 is 1. The minimum absolute atomic E-state index is 0.0723. The Balaban J connectivity index is 2.20. The molecule has 150 valence electrons. The van der Waals surface area contributed by atoms with Crippen LogP contribution in [-0.2, 0) is 4.74 Å². The van der Waals surface area contributed by atoms with Gasteiger partial charge in [-0.2, -0.15) is 0 Å². The van der Waals surface area contributed by atoms with Crippen molar-refractivity contribution in [3.8, 4) is 22.6 Å². The number of aromatic nitrogens is 1.